The van der Waals surface area contributed by atoms with Crippen LogP contribution in [-0.4, -0.2) is 73.5 Å². The Kier molecular flexibility index (Phi) is 6.20. The first-order valence-corrected chi connectivity index (χ1v) is 6.33. The molecule has 0 aromatic carbocycles. The van der Waals surface area contributed by atoms with Gasteiger partial charge in [-0.25, -0.2) is 0 Å². The van der Waals surface area contributed by atoms with E-state index in [-0.39, 0.29) is 25.2 Å². The Morgan fingerprint density at radius 1 is 1.53 bits per heavy atom. The number of carboxylic acids is 1. The highest BCUT2D eigenvalue weighted by Crippen LogP contribution is 2.13. The quantitative estimate of drug-likeness (QED) is 0.666. The first kappa shape index (κ1) is 15.9. The SMILES string of the molecule is COCC(C(=O)O)N1CCOCC1C(=O)NC(C)C. The second kappa shape index (κ2) is 7.42. The maximum absolute atomic E-state index is 12.1. The lowest BCUT2D eigenvalue weighted by molar-refractivity contribution is -0.153. The van der Waals surface area contributed by atoms with Gasteiger partial charge in [0.25, 0.3) is 0 Å². The Balaban J connectivity index is 2.80. The van der Waals surface area contributed by atoms with Crippen molar-refractivity contribution < 1.29 is 24.2 Å². The average molecular weight is 274 g/mol. The van der Waals surface area contributed by atoms with Crippen LogP contribution < -0.4 is 5.32 Å². The molecule has 110 valence electrons. The molecule has 1 heterocycles. The Hall–Kier alpha value is -1.18. The van der Waals surface area contributed by atoms with Crippen LogP contribution in [0.4, 0.5) is 0 Å². The standard InChI is InChI=1S/C12H22N2O5/c1-8(2)13-11(15)9-7-19-5-4-14(9)10(6-18-3)12(16)17/h8-10H,4-7H2,1-3H3,(H,13,15)(H,16,17). The molecular formula is C12H22N2O5. The van der Waals surface area contributed by atoms with E-state index in [2.05, 4.69) is 5.32 Å². The second-order valence-electron chi connectivity index (χ2n) is 4.80. The van der Waals surface area contributed by atoms with Gasteiger partial charge in [-0.2, -0.15) is 0 Å². The Morgan fingerprint density at radius 2 is 2.21 bits per heavy atom. The number of nitrogens with zero attached hydrogens (tertiary/aromatic N) is 1. The van der Waals surface area contributed by atoms with Crippen molar-refractivity contribution in [2.75, 3.05) is 33.5 Å². The fourth-order valence-electron chi connectivity index (χ4n) is 2.06. The Morgan fingerprint density at radius 3 is 2.74 bits per heavy atom. The maximum Gasteiger partial charge on any atom is 0.323 e. The van der Waals surface area contributed by atoms with Gasteiger partial charge in [-0.1, -0.05) is 0 Å². The predicted molar refractivity (Wildman–Crippen MR) is 67.9 cm³/mol. The molecule has 19 heavy (non-hydrogen) atoms. The molecular weight excluding hydrogens is 252 g/mol. The lowest BCUT2D eigenvalue weighted by Crippen LogP contribution is -2.60. The Bertz CT molecular complexity index is 321. The first-order valence-electron chi connectivity index (χ1n) is 6.33. The zero-order valence-corrected chi connectivity index (χ0v) is 11.6. The molecule has 0 saturated carbocycles. The summed E-state index contributed by atoms with van der Waals surface area (Å²) >= 11 is 0. The lowest BCUT2D eigenvalue weighted by atomic mass is 10.1. The highest BCUT2D eigenvalue weighted by molar-refractivity contribution is 5.83. The van der Waals surface area contributed by atoms with Crippen molar-refractivity contribution in [3.63, 3.8) is 0 Å². The molecule has 0 aliphatic carbocycles. The van der Waals surface area contributed by atoms with Gasteiger partial charge in [0.1, 0.15) is 12.1 Å². The molecule has 1 amide bonds. The number of nitrogens with one attached hydrogen (secondary N) is 1. The largest absolute Gasteiger partial charge is 0.480 e. The van der Waals surface area contributed by atoms with Crippen molar-refractivity contribution in [1.82, 2.24) is 10.2 Å². The molecule has 1 saturated heterocycles. The van der Waals surface area contributed by atoms with Crippen LogP contribution >= 0.6 is 0 Å². The number of aliphatic carboxylic acids is 1. The van der Waals surface area contributed by atoms with Crippen LogP contribution in [-0.2, 0) is 19.1 Å². The summed E-state index contributed by atoms with van der Waals surface area (Å²) in [5, 5.41) is 12.0. The molecule has 2 atom stereocenters. The second-order valence-corrected chi connectivity index (χ2v) is 4.80. The molecule has 0 spiro atoms. The van der Waals surface area contributed by atoms with Gasteiger partial charge < -0.3 is 19.9 Å². The number of carbonyl (C=O) groups is 2. The third-order valence-electron chi connectivity index (χ3n) is 2.91. The van der Waals surface area contributed by atoms with E-state index in [9.17, 15) is 14.7 Å². The van der Waals surface area contributed by atoms with Gasteiger partial charge in [-0.3, -0.25) is 14.5 Å². The van der Waals surface area contributed by atoms with E-state index in [1.54, 1.807) is 4.90 Å². The topological polar surface area (TPSA) is 88.1 Å². The van der Waals surface area contributed by atoms with Crippen molar-refractivity contribution in [1.29, 1.82) is 0 Å². The van der Waals surface area contributed by atoms with Crippen LogP contribution in [0.25, 0.3) is 0 Å². The first-order chi connectivity index (χ1) is 8.97. The van der Waals surface area contributed by atoms with Gasteiger partial charge in [0.2, 0.25) is 5.91 Å². The average Bonchev–Trinajstić information content (AvgIpc) is 2.34. The molecule has 0 bridgehead atoms. The van der Waals surface area contributed by atoms with Crippen molar-refractivity contribution in [3.8, 4) is 0 Å². The highest BCUT2D eigenvalue weighted by Gasteiger charge is 2.37. The summed E-state index contributed by atoms with van der Waals surface area (Å²) in [4.78, 5) is 25.0. The molecule has 0 aromatic rings. The summed E-state index contributed by atoms with van der Waals surface area (Å²) in [6, 6.07) is -1.42. The van der Waals surface area contributed by atoms with Crippen LogP contribution in [0.15, 0.2) is 0 Å². The van der Waals surface area contributed by atoms with E-state index >= 15 is 0 Å². The summed E-state index contributed by atoms with van der Waals surface area (Å²) in [6.07, 6.45) is 0. The summed E-state index contributed by atoms with van der Waals surface area (Å²) in [6.45, 7) is 4.77. The minimum absolute atomic E-state index is 0.00183. The van der Waals surface area contributed by atoms with E-state index in [1.807, 2.05) is 13.8 Å². The van der Waals surface area contributed by atoms with Gasteiger partial charge in [0.15, 0.2) is 0 Å². The van der Waals surface area contributed by atoms with Gasteiger partial charge in [0.05, 0.1) is 19.8 Å². The summed E-state index contributed by atoms with van der Waals surface area (Å²) < 4.78 is 10.2. The van der Waals surface area contributed by atoms with E-state index in [0.717, 1.165) is 0 Å². The molecule has 1 fully saturated rings. The van der Waals surface area contributed by atoms with Crippen molar-refractivity contribution in [2.45, 2.75) is 32.0 Å². The van der Waals surface area contributed by atoms with Gasteiger partial charge in [0, 0.05) is 19.7 Å². The zero-order valence-electron chi connectivity index (χ0n) is 11.6. The van der Waals surface area contributed by atoms with Crippen LogP contribution in [0.1, 0.15) is 13.8 Å². The van der Waals surface area contributed by atoms with Crippen molar-refractivity contribution in [2.24, 2.45) is 0 Å². The summed E-state index contributed by atoms with van der Waals surface area (Å²) in [7, 11) is 1.44. The number of methoxy groups -OCH3 is 1. The van der Waals surface area contributed by atoms with Crippen molar-refractivity contribution >= 4 is 11.9 Å². The number of carbonyl (C=O) groups excluding carboxylic acids is 1. The number of carboxylic acid groups (broad SMARTS) is 1. The van der Waals surface area contributed by atoms with Crippen LogP contribution in [0.2, 0.25) is 0 Å². The summed E-state index contributed by atoms with van der Waals surface area (Å²) in [5.41, 5.74) is 0. The predicted octanol–water partition coefficient (Wildman–Crippen LogP) is -0.689. The number of amides is 1. The number of ether oxygens (including phenoxy) is 2. The minimum Gasteiger partial charge on any atom is -0.480 e. The molecule has 1 aliphatic heterocycles. The maximum atomic E-state index is 12.1. The fourth-order valence-corrected chi connectivity index (χ4v) is 2.06. The zero-order chi connectivity index (χ0) is 14.4. The van der Waals surface area contributed by atoms with Gasteiger partial charge in [-0.15, -0.1) is 0 Å². The fraction of sp³-hybridized carbons (Fsp3) is 0.833. The summed E-state index contributed by atoms with van der Waals surface area (Å²) in [5.74, 6) is -1.21. The van der Waals surface area contributed by atoms with Crippen LogP contribution in [0.3, 0.4) is 0 Å². The van der Waals surface area contributed by atoms with Crippen LogP contribution in [0, 0.1) is 0 Å². The molecule has 1 rings (SSSR count). The smallest absolute Gasteiger partial charge is 0.323 e. The Labute approximate surface area is 112 Å². The van der Waals surface area contributed by atoms with E-state index in [1.165, 1.54) is 7.11 Å². The lowest BCUT2D eigenvalue weighted by Gasteiger charge is -2.38. The van der Waals surface area contributed by atoms with Crippen molar-refractivity contribution in [3.05, 3.63) is 0 Å². The highest BCUT2D eigenvalue weighted by atomic mass is 16.5. The normalized spacial score (nSPS) is 22.2. The molecule has 2 N–H and O–H groups in total. The number of hydrogen-bond acceptors (Lipinski definition) is 5. The van der Waals surface area contributed by atoms with Gasteiger partial charge >= 0.3 is 5.97 Å². The van der Waals surface area contributed by atoms with Gasteiger partial charge in [-0.05, 0) is 13.8 Å². The monoisotopic (exact) mass is 274 g/mol. The third kappa shape index (κ3) is 4.45. The minimum atomic E-state index is -0.994. The van der Waals surface area contributed by atoms with E-state index in [0.29, 0.717) is 13.2 Å². The molecule has 7 heteroatoms. The number of morpholine rings is 1. The molecule has 1 aliphatic rings. The third-order valence-corrected chi connectivity index (χ3v) is 2.91. The van der Waals surface area contributed by atoms with Crippen LogP contribution in [0.5, 0.6) is 0 Å². The molecule has 0 radical (unpaired) electrons. The van der Waals surface area contributed by atoms with E-state index in [4.69, 9.17) is 9.47 Å². The van der Waals surface area contributed by atoms with E-state index < -0.39 is 18.1 Å². The molecule has 2 unspecified atom stereocenters. The number of hydrogen-bond donors (Lipinski definition) is 2. The molecule has 7 nitrogen and oxygen atoms in total. The number of rotatable bonds is 6. The molecule has 0 aromatic heterocycles.